The Bertz CT molecular complexity index is 848. The number of carbonyl (C=O) groups is 1. The summed E-state index contributed by atoms with van der Waals surface area (Å²) in [6.07, 6.45) is 2.63. The zero-order valence-corrected chi connectivity index (χ0v) is 16.9. The Morgan fingerprint density at radius 1 is 1.11 bits per heavy atom. The van der Waals surface area contributed by atoms with E-state index in [1.165, 1.54) is 13.2 Å². The van der Waals surface area contributed by atoms with Crippen LogP contribution in [0.15, 0.2) is 36.4 Å². The second-order valence-electron chi connectivity index (χ2n) is 8.06. The van der Waals surface area contributed by atoms with Gasteiger partial charge in [-0.25, -0.2) is 9.18 Å². The number of rotatable bonds is 4. The first-order valence-corrected chi connectivity index (χ1v) is 9.60. The van der Waals surface area contributed by atoms with Gasteiger partial charge in [0.05, 0.1) is 19.3 Å². The van der Waals surface area contributed by atoms with E-state index in [4.69, 9.17) is 14.2 Å². The van der Waals surface area contributed by atoms with E-state index >= 15 is 0 Å². The Labute approximate surface area is 165 Å². The molecule has 2 aromatic carbocycles. The summed E-state index contributed by atoms with van der Waals surface area (Å²) < 4.78 is 31.1. The highest BCUT2D eigenvalue weighted by Crippen LogP contribution is 2.37. The predicted molar refractivity (Wildman–Crippen MR) is 106 cm³/mol. The second kappa shape index (κ2) is 8.31. The Hall–Kier alpha value is -2.40. The molecule has 150 valence electrons. The summed E-state index contributed by atoms with van der Waals surface area (Å²) in [5.41, 5.74) is 2.18. The van der Waals surface area contributed by atoms with Crippen LogP contribution in [-0.2, 0) is 14.9 Å². The molecule has 1 saturated heterocycles. The molecule has 1 aliphatic heterocycles. The van der Waals surface area contributed by atoms with E-state index in [0.29, 0.717) is 23.5 Å². The van der Waals surface area contributed by atoms with Crippen LogP contribution in [0.5, 0.6) is 5.75 Å². The maximum Gasteiger partial charge on any atom is 0.337 e. The smallest absolute Gasteiger partial charge is 0.337 e. The van der Waals surface area contributed by atoms with E-state index in [-0.39, 0.29) is 17.5 Å². The van der Waals surface area contributed by atoms with Gasteiger partial charge in [0.2, 0.25) is 0 Å². The van der Waals surface area contributed by atoms with Crippen molar-refractivity contribution in [3.8, 4) is 16.9 Å². The number of esters is 1. The summed E-state index contributed by atoms with van der Waals surface area (Å²) in [6.45, 7) is 6.77. The molecule has 0 radical (unpaired) electrons. The third-order valence-electron chi connectivity index (χ3n) is 4.88. The summed E-state index contributed by atoms with van der Waals surface area (Å²) >= 11 is 0. The van der Waals surface area contributed by atoms with Crippen molar-refractivity contribution in [3.05, 3.63) is 53.3 Å². The minimum Gasteiger partial charge on any atom is -0.465 e. The molecule has 2 aromatic rings. The average Bonchev–Trinajstić information content (AvgIpc) is 2.68. The lowest BCUT2D eigenvalue weighted by atomic mass is 9.81. The molecule has 0 bridgehead atoms. The van der Waals surface area contributed by atoms with Crippen molar-refractivity contribution >= 4 is 5.97 Å². The molecule has 0 spiro atoms. The minimum atomic E-state index is -0.413. The highest BCUT2D eigenvalue weighted by Gasteiger charge is 2.23. The van der Waals surface area contributed by atoms with Crippen LogP contribution in [0.2, 0.25) is 0 Å². The Morgan fingerprint density at radius 3 is 2.54 bits per heavy atom. The van der Waals surface area contributed by atoms with Crippen LogP contribution in [-0.4, -0.2) is 26.0 Å². The van der Waals surface area contributed by atoms with Crippen LogP contribution in [0.25, 0.3) is 11.1 Å². The van der Waals surface area contributed by atoms with Gasteiger partial charge in [0.25, 0.3) is 0 Å². The van der Waals surface area contributed by atoms with Crippen LogP contribution in [0.4, 0.5) is 4.39 Å². The number of ether oxygens (including phenoxy) is 3. The Kier molecular flexibility index (Phi) is 6.04. The maximum atomic E-state index is 14.7. The van der Waals surface area contributed by atoms with Crippen molar-refractivity contribution in [2.45, 2.75) is 51.7 Å². The van der Waals surface area contributed by atoms with E-state index in [2.05, 4.69) is 0 Å². The third-order valence-corrected chi connectivity index (χ3v) is 4.88. The lowest BCUT2D eigenvalue weighted by Crippen LogP contribution is -2.25. The zero-order chi connectivity index (χ0) is 20.3. The molecule has 28 heavy (non-hydrogen) atoms. The molecule has 1 fully saturated rings. The molecule has 3 rings (SSSR count). The quantitative estimate of drug-likeness (QED) is 0.653. The summed E-state index contributed by atoms with van der Waals surface area (Å²) in [5, 5.41) is 0. The van der Waals surface area contributed by atoms with Crippen molar-refractivity contribution in [2.24, 2.45) is 0 Å². The molecule has 5 heteroatoms. The van der Waals surface area contributed by atoms with Gasteiger partial charge in [-0.3, -0.25) is 0 Å². The number of methoxy groups -OCH3 is 1. The number of halogens is 1. The molecule has 1 aliphatic rings. The van der Waals surface area contributed by atoms with E-state index < -0.39 is 5.97 Å². The topological polar surface area (TPSA) is 44.8 Å². The predicted octanol–water partition coefficient (Wildman–Crippen LogP) is 5.48. The second-order valence-corrected chi connectivity index (χ2v) is 8.06. The Balaban J connectivity index is 2.01. The van der Waals surface area contributed by atoms with E-state index in [1.54, 1.807) is 30.3 Å². The number of hydrogen-bond donors (Lipinski definition) is 0. The van der Waals surface area contributed by atoms with Crippen molar-refractivity contribution < 1.29 is 23.4 Å². The average molecular weight is 386 g/mol. The fraction of sp³-hybridized carbons (Fsp3) is 0.435. The molecule has 1 heterocycles. The van der Waals surface area contributed by atoms with Crippen LogP contribution < -0.4 is 4.74 Å². The number of carbonyl (C=O) groups excluding carboxylic acids is 1. The van der Waals surface area contributed by atoms with Crippen LogP contribution in [0.3, 0.4) is 0 Å². The van der Waals surface area contributed by atoms with Gasteiger partial charge in [0.1, 0.15) is 11.6 Å². The van der Waals surface area contributed by atoms with Gasteiger partial charge in [-0.1, -0.05) is 26.8 Å². The fourth-order valence-electron chi connectivity index (χ4n) is 3.38. The van der Waals surface area contributed by atoms with Gasteiger partial charge < -0.3 is 14.2 Å². The first kappa shape index (κ1) is 20.3. The first-order chi connectivity index (χ1) is 13.3. The molecule has 1 atom stereocenters. The van der Waals surface area contributed by atoms with Gasteiger partial charge in [-0.15, -0.1) is 0 Å². The van der Waals surface area contributed by atoms with Gasteiger partial charge in [-0.05, 0) is 59.7 Å². The van der Waals surface area contributed by atoms with E-state index in [9.17, 15) is 9.18 Å². The summed E-state index contributed by atoms with van der Waals surface area (Å²) in [6, 6.07) is 9.94. The fourth-order valence-corrected chi connectivity index (χ4v) is 3.38. The molecular formula is C23H27FO4. The molecular weight excluding hydrogens is 359 g/mol. The molecule has 1 unspecified atom stereocenters. The summed E-state index contributed by atoms with van der Waals surface area (Å²) in [4.78, 5) is 12.0. The maximum absolute atomic E-state index is 14.7. The summed E-state index contributed by atoms with van der Waals surface area (Å²) in [5.74, 6) is -0.183. The van der Waals surface area contributed by atoms with E-state index in [1.807, 2.05) is 20.8 Å². The standard InChI is InChI=1S/C23H27FO4/c1-23(2,3)19-13-15(22(25)26-4)8-10-17(19)18-14-16(9-11-20(18)24)28-21-7-5-6-12-27-21/h8-11,13-14,21H,5-7,12H2,1-4H3. The van der Waals surface area contributed by atoms with Gasteiger partial charge in [-0.2, -0.15) is 0 Å². The van der Waals surface area contributed by atoms with Crippen LogP contribution >= 0.6 is 0 Å². The molecule has 4 nitrogen and oxygen atoms in total. The molecule has 0 aliphatic carbocycles. The van der Waals surface area contributed by atoms with Crippen LogP contribution in [0.1, 0.15) is 56.0 Å². The number of benzene rings is 2. The van der Waals surface area contributed by atoms with Crippen LogP contribution in [0, 0.1) is 5.82 Å². The highest BCUT2D eigenvalue weighted by molar-refractivity contribution is 5.91. The molecule has 0 aromatic heterocycles. The minimum absolute atomic E-state index is 0.296. The van der Waals surface area contributed by atoms with E-state index in [0.717, 1.165) is 30.4 Å². The van der Waals surface area contributed by atoms with Crippen molar-refractivity contribution in [1.82, 2.24) is 0 Å². The normalized spacial score (nSPS) is 17.2. The lowest BCUT2D eigenvalue weighted by Gasteiger charge is -2.25. The largest absolute Gasteiger partial charge is 0.465 e. The van der Waals surface area contributed by atoms with Crippen molar-refractivity contribution in [2.75, 3.05) is 13.7 Å². The summed E-state index contributed by atoms with van der Waals surface area (Å²) in [7, 11) is 1.35. The van der Waals surface area contributed by atoms with Crippen molar-refractivity contribution in [3.63, 3.8) is 0 Å². The molecule has 0 saturated carbocycles. The lowest BCUT2D eigenvalue weighted by molar-refractivity contribution is -0.105. The highest BCUT2D eigenvalue weighted by atomic mass is 19.1. The molecule has 0 amide bonds. The molecule has 0 N–H and O–H groups in total. The third kappa shape index (κ3) is 4.53. The Morgan fingerprint density at radius 2 is 1.89 bits per heavy atom. The zero-order valence-electron chi connectivity index (χ0n) is 16.9. The van der Waals surface area contributed by atoms with Gasteiger partial charge in [0, 0.05) is 12.0 Å². The van der Waals surface area contributed by atoms with Crippen molar-refractivity contribution in [1.29, 1.82) is 0 Å². The number of hydrogen-bond acceptors (Lipinski definition) is 4. The van der Waals surface area contributed by atoms with Gasteiger partial charge in [0.15, 0.2) is 6.29 Å². The SMILES string of the molecule is COC(=O)c1ccc(-c2cc(OC3CCCCO3)ccc2F)c(C(C)(C)C)c1. The monoisotopic (exact) mass is 386 g/mol. The van der Waals surface area contributed by atoms with Gasteiger partial charge >= 0.3 is 5.97 Å². The first-order valence-electron chi connectivity index (χ1n) is 9.60.